The summed E-state index contributed by atoms with van der Waals surface area (Å²) < 4.78 is 6.45. The van der Waals surface area contributed by atoms with Crippen LogP contribution in [0.2, 0.25) is 0 Å². The highest BCUT2D eigenvalue weighted by Gasteiger charge is 2.59. The first-order valence-corrected chi connectivity index (χ1v) is 12.9. The van der Waals surface area contributed by atoms with E-state index in [1.165, 1.54) is 0 Å². The standard InChI is InChI=1S/C30H40N2O3/c1-5-17-31-18-16-29(25-12-9-13-27(33)19-25)20-26(14-15-30(29,22-31)35-4)32(21-23(2)3)28(34)24-10-7-6-8-11-24/h5-13,19,23,26,33H,1,14-18,20-22H2,2-4H3/t26-,29+,30+/m1/s1. The summed E-state index contributed by atoms with van der Waals surface area (Å²) in [6.07, 6.45) is 5.43. The smallest absolute Gasteiger partial charge is 0.254 e. The van der Waals surface area contributed by atoms with E-state index in [1.54, 1.807) is 6.07 Å². The zero-order valence-electron chi connectivity index (χ0n) is 21.5. The van der Waals surface area contributed by atoms with E-state index in [-0.39, 0.29) is 23.1 Å². The van der Waals surface area contributed by atoms with Gasteiger partial charge in [-0.2, -0.15) is 0 Å². The van der Waals surface area contributed by atoms with Gasteiger partial charge in [-0.25, -0.2) is 0 Å². The SMILES string of the molecule is C=CCN1CC[C@@]2(c3cccc(O)c3)C[C@H](N(CC(C)C)C(=O)c3ccccc3)CC[C@]2(OC)C1. The Labute approximate surface area is 210 Å². The molecule has 1 aliphatic heterocycles. The maximum atomic E-state index is 13.8. The molecular formula is C30H40N2O3. The molecule has 0 bridgehead atoms. The van der Waals surface area contributed by atoms with Gasteiger partial charge in [0.15, 0.2) is 0 Å². The summed E-state index contributed by atoms with van der Waals surface area (Å²) in [5, 5.41) is 10.4. The molecule has 5 heteroatoms. The molecule has 0 aromatic heterocycles. The normalized spacial score (nSPS) is 26.8. The van der Waals surface area contributed by atoms with Gasteiger partial charge in [-0.05, 0) is 68.0 Å². The second-order valence-corrected chi connectivity index (χ2v) is 10.7. The van der Waals surface area contributed by atoms with Crippen molar-refractivity contribution in [2.24, 2.45) is 5.92 Å². The fourth-order valence-electron chi connectivity index (χ4n) is 6.51. The van der Waals surface area contributed by atoms with Crippen molar-refractivity contribution >= 4 is 5.91 Å². The van der Waals surface area contributed by atoms with Crippen molar-refractivity contribution in [2.45, 2.75) is 56.6 Å². The number of hydrogen-bond donors (Lipinski definition) is 1. The first-order valence-electron chi connectivity index (χ1n) is 12.9. The van der Waals surface area contributed by atoms with Crippen LogP contribution in [-0.4, -0.2) is 65.7 Å². The van der Waals surface area contributed by atoms with Gasteiger partial charge in [-0.15, -0.1) is 6.58 Å². The molecule has 1 N–H and O–H groups in total. The van der Waals surface area contributed by atoms with Crippen LogP contribution in [0.3, 0.4) is 0 Å². The molecule has 1 saturated heterocycles. The Balaban J connectivity index is 1.76. The molecule has 1 amide bonds. The van der Waals surface area contributed by atoms with Crippen molar-refractivity contribution in [3.05, 3.63) is 78.4 Å². The van der Waals surface area contributed by atoms with Crippen molar-refractivity contribution < 1.29 is 14.6 Å². The summed E-state index contributed by atoms with van der Waals surface area (Å²) in [6, 6.07) is 17.4. The number of likely N-dealkylation sites (tertiary alicyclic amines) is 1. The third kappa shape index (κ3) is 4.89. The summed E-state index contributed by atoms with van der Waals surface area (Å²) in [5.74, 6) is 0.740. The summed E-state index contributed by atoms with van der Waals surface area (Å²) in [7, 11) is 1.83. The van der Waals surface area contributed by atoms with E-state index in [0.29, 0.717) is 5.92 Å². The van der Waals surface area contributed by atoms with Gasteiger partial charge in [0.05, 0.1) is 5.60 Å². The van der Waals surface area contributed by atoms with Crippen LogP contribution in [0.1, 0.15) is 55.5 Å². The Morgan fingerprint density at radius 1 is 1.23 bits per heavy atom. The van der Waals surface area contributed by atoms with Crippen LogP contribution in [0.5, 0.6) is 5.75 Å². The zero-order chi connectivity index (χ0) is 25.1. The van der Waals surface area contributed by atoms with Crippen molar-refractivity contribution in [2.75, 3.05) is 33.3 Å². The number of carbonyl (C=O) groups excluding carboxylic acids is 1. The number of rotatable bonds is 8. The van der Waals surface area contributed by atoms with Crippen LogP contribution in [0.15, 0.2) is 67.3 Å². The molecule has 2 aromatic carbocycles. The van der Waals surface area contributed by atoms with Crippen molar-refractivity contribution in [1.82, 2.24) is 9.80 Å². The fourth-order valence-corrected chi connectivity index (χ4v) is 6.51. The van der Waals surface area contributed by atoms with Crippen LogP contribution >= 0.6 is 0 Å². The molecule has 3 atom stereocenters. The predicted molar refractivity (Wildman–Crippen MR) is 141 cm³/mol. The number of ether oxygens (including phenoxy) is 1. The van der Waals surface area contributed by atoms with Crippen molar-refractivity contribution in [3.8, 4) is 5.75 Å². The Bertz CT molecular complexity index is 1020. The van der Waals surface area contributed by atoms with Crippen LogP contribution in [0, 0.1) is 5.92 Å². The molecule has 1 heterocycles. The number of fused-ring (bicyclic) bond motifs is 1. The van der Waals surface area contributed by atoms with Crippen molar-refractivity contribution in [3.63, 3.8) is 0 Å². The molecule has 0 radical (unpaired) electrons. The number of phenols is 1. The van der Waals surface area contributed by atoms with Gasteiger partial charge in [-0.3, -0.25) is 9.69 Å². The molecule has 2 aromatic rings. The number of aromatic hydroxyl groups is 1. The second kappa shape index (κ2) is 10.5. The second-order valence-electron chi connectivity index (χ2n) is 10.7. The summed E-state index contributed by atoms with van der Waals surface area (Å²) >= 11 is 0. The lowest BCUT2D eigenvalue weighted by Gasteiger charge is -2.60. The summed E-state index contributed by atoms with van der Waals surface area (Å²) in [6.45, 7) is 11.6. The van der Waals surface area contributed by atoms with E-state index >= 15 is 0 Å². The maximum absolute atomic E-state index is 13.8. The Morgan fingerprint density at radius 2 is 2.00 bits per heavy atom. The van der Waals surface area contributed by atoms with Gasteiger partial charge in [-0.1, -0.05) is 50.3 Å². The molecule has 0 unspecified atom stereocenters. The molecule has 2 fully saturated rings. The average Bonchev–Trinajstić information content (AvgIpc) is 2.87. The van der Waals surface area contributed by atoms with Crippen LogP contribution in [-0.2, 0) is 10.2 Å². The van der Waals surface area contributed by atoms with E-state index in [4.69, 9.17) is 4.74 Å². The number of piperidine rings is 1. The minimum Gasteiger partial charge on any atom is -0.508 e. The highest BCUT2D eigenvalue weighted by Crippen LogP contribution is 2.54. The number of amides is 1. The summed E-state index contributed by atoms with van der Waals surface area (Å²) in [4.78, 5) is 18.3. The van der Waals surface area contributed by atoms with Crippen LogP contribution < -0.4 is 0 Å². The molecule has 35 heavy (non-hydrogen) atoms. The molecule has 0 spiro atoms. The van der Waals surface area contributed by atoms with Crippen molar-refractivity contribution in [1.29, 1.82) is 0 Å². The molecule has 2 aliphatic rings. The van der Waals surface area contributed by atoms with Gasteiger partial charge < -0.3 is 14.7 Å². The van der Waals surface area contributed by atoms with E-state index in [9.17, 15) is 9.90 Å². The van der Waals surface area contributed by atoms with Gasteiger partial charge in [0.1, 0.15) is 5.75 Å². The monoisotopic (exact) mass is 476 g/mol. The number of nitrogens with zero attached hydrogens (tertiary/aromatic N) is 2. The molecule has 1 saturated carbocycles. The minimum atomic E-state index is -0.391. The Hall–Kier alpha value is -2.63. The average molecular weight is 477 g/mol. The minimum absolute atomic E-state index is 0.0988. The third-order valence-electron chi connectivity index (χ3n) is 8.13. The van der Waals surface area contributed by atoms with E-state index in [2.05, 4.69) is 36.3 Å². The van der Waals surface area contributed by atoms with Gasteiger partial charge >= 0.3 is 0 Å². The first kappa shape index (κ1) is 25.5. The quantitative estimate of drug-likeness (QED) is 0.528. The largest absolute Gasteiger partial charge is 0.508 e. The fraction of sp³-hybridized carbons (Fsp3) is 0.500. The highest BCUT2D eigenvalue weighted by molar-refractivity contribution is 5.94. The molecule has 188 valence electrons. The van der Waals surface area contributed by atoms with Gasteiger partial charge in [0.2, 0.25) is 0 Å². The Kier molecular flexibility index (Phi) is 7.67. The molecular weight excluding hydrogens is 436 g/mol. The molecule has 1 aliphatic carbocycles. The highest BCUT2D eigenvalue weighted by atomic mass is 16.5. The number of hydrogen-bond acceptors (Lipinski definition) is 4. The van der Waals surface area contributed by atoms with E-state index in [1.807, 2.05) is 55.7 Å². The van der Waals surface area contributed by atoms with Gasteiger partial charge in [0, 0.05) is 43.8 Å². The van der Waals surface area contributed by atoms with Crippen LogP contribution in [0.25, 0.3) is 0 Å². The van der Waals surface area contributed by atoms with Gasteiger partial charge in [0.25, 0.3) is 5.91 Å². The van der Waals surface area contributed by atoms with Crippen LogP contribution in [0.4, 0.5) is 0 Å². The number of benzene rings is 2. The lowest BCUT2D eigenvalue weighted by molar-refractivity contribution is -0.153. The summed E-state index contributed by atoms with van der Waals surface area (Å²) in [5.41, 5.74) is 1.16. The third-order valence-corrected chi connectivity index (χ3v) is 8.13. The molecule has 5 nitrogen and oxygen atoms in total. The number of carbonyl (C=O) groups is 1. The molecule has 4 rings (SSSR count). The lowest BCUT2D eigenvalue weighted by Crippen LogP contribution is -2.68. The Morgan fingerprint density at radius 3 is 2.66 bits per heavy atom. The zero-order valence-corrected chi connectivity index (χ0v) is 21.5. The number of phenolic OH excluding ortho intramolecular Hbond substituents is 1. The maximum Gasteiger partial charge on any atom is 0.254 e. The van der Waals surface area contributed by atoms with E-state index < -0.39 is 5.60 Å². The predicted octanol–water partition coefficient (Wildman–Crippen LogP) is 5.26. The first-order chi connectivity index (χ1) is 16.8. The number of methoxy groups -OCH3 is 1. The topological polar surface area (TPSA) is 53.0 Å². The lowest BCUT2D eigenvalue weighted by atomic mass is 9.55. The van der Waals surface area contributed by atoms with E-state index in [0.717, 1.165) is 63.0 Å².